The molecule has 1 aliphatic rings. The van der Waals surface area contributed by atoms with Crippen molar-refractivity contribution in [2.75, 3.05) is 18.1 Å². The highest BCUT2D eigenvalue weighted by Crippen LogP contribution is 2.24. The number of pyridine rings is 1. The Morgan fingerprint density at radius 1 is 1.42 bits per heavy atom. The van der Waals surface area contributed by atoms with Gasteiger partial charge in [-0.15, -0.1) is 10.2 Å². The molecule has 1 atom stereocenters. The molecule has 128 valence electrons. The topological polar surface area (TPSA) is 89.9 Å². The lowest BCUT2D eigenvalue weighted by Crippen LogP contribution is -2.44. The zero-order valence-electron chi connectivity index (χ0n) is 13.8. The van der Waals surface area contributed by atoms with E-state index in [9.17, 15) is 4.79 Å². The number of rotatable bonds is 5. The van der Waals surface area contributed by atoms with E-state index in [4.69, 9.17) is 5.84 Å². The molecule has 1 aliphatic heterocycles. The van der Waals surface area contributed by atoms with Crippen LogP contribution < -0.4 is 5.84 Å². The number of aromatic nitrogens is 4. The molecule has 8 heteroatoms. The third-order valence-electron chi connectivity index (χ3n) is 4.33. The van der Waals surface area contributed by atoms with Crippen LogP contribution in [0.2, 0.25) is 0 Å². The molecule has 3 heterocycles. The summed E-state index contributed by atoms with van der Waals surface area (Å²) in [5.74, 6) is 7.10. The van der Waals surface area contributed by atoms with Crippen molar-refractivity contribution in [3.8, 4) is 11.4 Å². The maximum atomic E-state index is 12.5. The quantitative estimate of drug-likeness (QED) is 0.657. The number of carbonyl (C=O) groups is 1. The summed E-state index contributed by atoms with van der Waals surface area (Å²) in [5, 5.41) is 8.75. The van der Waals surface area contributed by atoms with Gasteiger partial charge in [0, 0.05) is 30.5 Å². The normalized spacial score (nSPS) is 17.9. The van der Waals surface area contributed by atoms with Gasteiger partial charge in [-0.2, -0.15) is 0 Å². The Kier molecular flexibility index (Phi) is 5.34. The summed E-state index contributed by atoms with van der Waals surface area (Å²) in [7, 11) is 0. The van der Waals surface area contributed by atoms with Gasteiger partial charge in [-0.05, 0) is 37.8 Å². The first-order valence-corrected chi connectivity index (χ1v) is 9.22. The molecule has 0 aromatic carbocycles. The summed E-state index contributed by atoms with van der Waals surface area (Å²) >= 11 is 1.33. The SMILES string of the molecule is CC[C@H]1CCCCN1C(=O)CSc1nnc(-c2cccnc2)n1N. The third kappa shape index (κ3) is 3.53. The number of nitrogens with zero attached hydrogens (tertiary/aromatic N) is 5. The minimum atomic E-state index is 0.150. The highest BCUT2D eigenvalue weighted by Gasteiger charge is 2.25. The van der Waals surface area contributed by atoms with Gasteiger partial charge in [-0.3, -0.25) is 9.78 Å². The number of piperidine rings is 1. The van der Waals surface area contributed by atoms with Gasteiger partial charge >= 0.3 is 0 Å². The summed E-state index contributed by atoms with van der Waals surface area (Å²) in [5.41, 5.74) is 0.799. The molecule has 0 radical (unpaired) electrons. The predicted octanol–water partition coefficient (Wildman–Crippen LogP) is 1.94. The maximum absolute atomic E-state index is 12.5. The van der Waals surface area contributed by atoms with Crippen molar-refractivity contribution in [2.24, 2.45) is 0 Å². The van der Waals surface area contributed by atoms with E-state index < -0.39 is 0 Å². The van der Waals surface area contributed by atoms with Gasteiger partial charge in [0.1, 0.15) is 0 Å². The molecule has 2 aromatic rings. The molecule has 0 unspecified atom stereocenters. The van der Waals surface area contributed by atoms with E-state index in [1.54, 1.807) is 12.4 Å². The Bertz CT molecular complexity index is 689. The van der Waals surface area contributed by atoms with Gasteiger partial charge in [0.25, 0.3) is 0 Å². The van der Waals surface area contributed by atoms with Gasteiger partial charge in [0.15, 0.2) is 5.82 Å². The molecule has 3 rings (SSSR count). The molecular formula is C16H22N6OS. The molecule has 2 N–H and O–H groups in total. The van der Waals surface area contributed by atoms with Crippen molar-refractivity contribution in [2.45, 2.75) is 43.8 Å². The Morgan fingerprint density at radius 3 is 3.04 bits per heavy atom. The molecular weight excluding hydrogens is 324 g/mol. The second-order valence-corrected chi connectivity index (χ2v) is 6.79. The van der Waals surface area contributed by atoms with E-state index >= 15 is 0 Å². The molecule has 1 amide bonds. The van der Waals surface area contributed by atoms with Crippen LogP contribution in [0, 0.1) is 0 Å². The lowest BCUT2D eigenvalue weighted by atomic mass is 10.0. The highest BCUT2D eigenvalue weighted by atomic mass is 32.2. The van der Waals surface area contributed by atoms with E-state index in [0.29, 0.717) is 22.8 Å². The van der Waals surface area contributed by atoms with Crippen LogP contribution in [-0.4, -0.2) is 49.0 Å². The number of hydrogen-bond acceptors (Lipinski definition) is 6. The molecule has 2 aromatic heterocycles. The fraction of sp³-hybridized carbons (Fsp3) is 0.500. The molecule has 1 fully saturated rings. The van der Waals surface area contributed by atoms with Crippen LogP contribution >= 0.6 is 11.8 Å². The van der Waals surface area contributed by atoms with Gasteiger partial charge in [0.05, 0.1) is 5.75 Å². The van der Waals surface area contributed by atoms with Gasteiger partial charge in [-0.25, -0.2) is 4.68 Å². The summed E-state index contributed by atoms with van der Waals surface area (Å²) < 4.78 is 1.42. The number of thioether (sulfide) groups is 1. The van der Waals surface area contributed by atoms with Crippen molar-refractivity contribution >= 4 is 17.7 Å². The zero-order valence-corrected chi connectivity index (χ0v) is 14.6. The molecule has 24 heavy (non-hydrogen) atoms. The number of nitrogens with two attached hydrogens (primary N) is 1. The minimum Gasteiger partial charge on any atom is -0.339 e. The third-order valence-corrected chi connectivity index (χ3v) is 5.26. The fourth-order valence-electron chi connectivity index (χ4n) is 3.03. The van der Waals surface area contributed by atoms with Gasteiger partial charge < -0.3 is 10.7 Å². The first-order valence-electron chi connectivity index (χ1n) is 8.24. The zero-order chi connectivity index (χ0) is 16.9. The van der Waals surface area contributed by atoms with Crippen LogP contribution in [0.3, 0.4) is 0 Å². The van der Waals surface area contributed by atoms with Crippen LogP contribution in [-0.2, 0) is 4.79 Å². The van der Waals surface area contributed by atoms with E-state index in [2.05, 4.69) is 22.1 Å². The Labute approximate surface area is 145 Å². The first kappa shape index (κ1) is 16.8. The van der Waals surface area contributed by atoms with Crippen molar-refractivity contribution < 1.29 is 4.79 Å². The molecule has 1 saturated heterocycles. The number of nitrogen functional groups attached to an aromatic ring is 1. The summed E-state index contributed by atoms with van der Waals surface area (Å²) in [6.45, 7) is 2.99. The Hall–Kier alpha value is -2.09. The number of likely N-dealkylation sites (tertiary alicyclic amines) is 1. The maximum Gasteiger partial charge on any atom is 0.233 e. The molecule has 0 saturated carbocycles. The minimum absolute atomic E-state index is 0.150. The summed E-state index contributed by atoms with van der Waals surface area (Å²) in [6.07, 6.45) is 7.79. The van der Waals surface area contributed by atoms with Gasteiger partial charge in [0.2, 0.25) is 11.1 Å². The van der Waals surface area contributed by atoms with Crippen molar-refractivity contribution in [1.82, 2.24) is 24.8 Å². The number of hydrogen-bond donors (Lipinski definition) is 1. The number of carbonyl (C=O) groups excluding carboxylic acids is 1. The van der Waals surface area contributed by atoms with Crippen molar-refractivity contribution in [3.63, 3.8) is 0 Å². The smallest absolute Gasteiger partial charge is 0.233 e. The number of amides is 1. The standard InChI is InChI=1S/C16H22N6OS/c1-2-13-7-3-4-9-21(13)14(23)11-24-16-20-19-15(22(16)17)12-6-5-8-18-10-12/h5-6,8,10,13H,2-4,7,9,11,17H2,1H3/t13-/m0/s1. The van der Waals surface area contributed by atoms with Crippen LogP contribution in [0.5, 0.6) is 0 Å². The molecule has 7 nitrogen and oxygen atoms in total. The molecule has 0 spiro atoms. The van der Waals surface area contributed by atoms with Crippen molar-refractivity contribution in [1.29, 1.82) is 0 Å². The fourth-order valence-corrected chi connectivity index (χ4v) is 3.77. The van der Waals surface area contributed by atoms with Crippen molar-refractivity contribution in [3.05, 3.63) is 24.5 Å². The van der Waals surface area contributed by atoms with Crippen LogP contribution in [0.15, 0.2) is 29.7 Å². The molecule has 0 aliphatic carbocycles. The second-order valence-electron chi connectivity index (χ2n) is 5.85. The lowest BCUT2D eigenvalue weighted by Gasteiger charge is -2.35. The Morgan fingerprint density at radius 2 is 2.29 bits per heavy atom. The van der Waals surface area contributed by atoms with E-state index in [1.165, 1.54) is 22.9 Å². The first-order chi connectivity index (χ1) is 11.7. The van der Waals surface area contributed by atoms with E-state index in [1.807, 2.05) is 17.0 Å². The average molecular weight is 346 g/mol. The highest BCUT2D eigenvalue weighted by molar-refractivity contribution is 7.99. The van der Waals surface area contributed by atoms with Gasteiger partial charge in [-0.1, -0.05) is 18.7 Å². The largest absolute Gasteiger partial charge is 0.339 e. The summed E-state index contributed by atoms with van der Waals surface area (Å²) in [4.78, 5) is 18.6. The van der Waals surface area contributed by atoms with E-state index in [-0.39, 0.29) is 5.91 Å². The van der Waals surface area contributed by atoms with Crippen LogP contribution in [0.4, 0.5) is 0 Å². The monoisotopic (exact) mass is 346 g/mol. The lowest BCUT2D eigenvalue weighted by molar-refractivity contribution is -0.132. The Balaban J connectivity index is 1.65. The molecule has 0 bridgehead atoms. The predicted molar refractivity (Wildman–Crippen MR) is 93.8 cm³/mol. The van der Waals surface area contributed by atoms with Crippen LogP contribution in [0.1, 0.15) is 32.6 Å². The van der Waals surface area contributed by atoms with E-state index in [0.717, 1.165) is 31.4 Å². The average Bonchev–Trinajstić information content (AvgIpc) is 3.01. The summed E-state index contributed by atoms with van der Waals surface area (Å²) in [6, 6.07) is 4.06. The van der Waals surface area contributed by atoms with Crippen LogP contribution in [0.25, 0.3) is 11.4 Å². The second kappa shape index (κ2) is 7.65.